The molecule has 0 aromatic carbocycles. The van der Waals surface area contributed by atoms with Crippen molar-refractivity contribution in [1.29, 1.82) is 0 Å². The summed E-state index contributed by atoms with van der Waals surface area (Å²) in [6.45, 7) is 1.55. The van der Waals surface area contributed by atoms with E-state index in [0.29, 0.717) is 13.0 Å². The number of carboxylic acids is 2. The topological polar surface area (TPSA) is 101 Å². The molecule has 0 aromatic rings. The van der Waals surface area contributed by atoms with E-state index in [1.807, 2.05) is 0 Å². The average molecular weight is 163 g/mol. The van der Waals surface area contributed by atoms with Crippen molar-refractivity contribution < 1.29 is 19.8 Å². The summed E-state index contributed by atoms with van der Waals surface area (Å²) in [6, 6.07) is 0. The number of carboxylic acid groups (broad SMARTS) is 2. The zero-order valence-corrected chi connectivity index (χ0v) is 6.41. The van der Waals surface area contributed by atoms with E-state index in [9.17, 15) is 4.79 Å². The van der Waals surface area contributed by atoms with Gasteiger partial charge in [-0.3, -0.25) is 9.59 Å². The second-order valence-corrected chi connectivity index (χ2v) is 1.80. The highest BCUT2D eigenvalue weighted by Gasteiger charge is 1.91. The molecular weight excluding hydrogens is 150 g/mol. The minimum atomic E-state index is -0.833. The largest absolute Gasteiger partial charge is 0.481 e. The van der Waals surface area contributed by atoms with Crippen LogP contribution in [0.1, 0.15) is 19.8 Å². The molecule has 4 N–H and O–H groups in total. The van der Waals surface area contributed by atoms with Crippen LogP contribution in [0.3, 0.4) is 0 Å². The first-order valence-corrected chi connectivity index (χ1v) is 3.12. The first kappa shape index (κ1) is 12.6. The lowest BCUT2D eigenvalue weighted by molar-refractivity contribution is -0.137. The van der Waals surface area contributed by atoms with Crippen molar-refractivity contribution in [2.24, 2.45) is 5.73 Å². The standard InChI is InChI=1S/C4H9NO2.C2H4O2/c5-3-1-2-4(6)7;1-2(3)4/h1-3,5H2,(H,6,7);1H3,(H,3,4). The average Bonchev–Trinajstić information content (AvgIpc) is 1.82. The molecule has 0 saturated carbocycles. The molecule has 0 rings (SSSR count). The van der Waals surface area contributed by atoms with Gasteiger partial charge in [0.05, 0.1) is 0 Å². The van der Waals surface area contributed by atoms with Crippen molar-refractivity contribution in [1.82, 2.24) is 0 Å². The fraction of sp³-hybridized carbons (Fsp3) is 0.667. The summed E-state index contributed by atoms with van der Waals surface area (Å²) in [4.78, 5) is 18.7. The molecule has 0 atom stereocenters. The van der Waals surface area contributed by atoms with Crippen molar-refractivity contribution in [3.05, 3.63) is 0 Å². The van der Waals surface area contributed by atoms with E-state index < -0.39 is 11.9 Å². The Hall–Kier alpha value is -1.10. The molecule has 0 saturated heterocycles. The van der Waals surface area contributed by atoms with Gasteiger partial charge >= 0.3 is 5.97 Å². The highest BCUT2D eigenvalue weighted by molar-refractivity contribution is 5.66. The van der Waals surface area contributed by atoms with E-state index >= 15 is 0 Å². The molecular formula is C6H13NO4. The second-order valence-electron chi connectivity index (χ2n) is 1.80. The monoisotopic (exact) mass is 163 g/mol. The van der Waals surface area contributed by atoms with Crippen LogP contribution < -0.4 is 5.73 Å². The molecule has 0 unspecified atom stereocenters. The molecule has 0 heterocycles. The van der Waals surface area contributed by atoms with Gasteiger partial charge in [-0.25, -0.2) is 0 Å². The highest BCUT2D eigenvalue weighted by Crippen LogP contribution is 1.82. The van der Waals surface area contributed by atoms with Gasteiger partial charge < -0.3 is 15.9 Å². The lowest BCUT2D eigenvalue weighted by atomic mass is 10.3. The lowest BCUT2D eigenvalue weighted by Crippen LogP contribution is -2.02. The lowest BCUT2D eigenvalue weighted by Gasteiger charge is -1.86. The summed E-state index contributed by atoms with van der Waals surface area (Å²) in [7, 11) is 0. The van der Waals surface area contributed by atoms with Gasteiger partial charge in [-0.15, -0.1) is 0 Å². The molecule has 0 spiro atoms. The quantitative estimate of drug-likeness (QED) is 0.539. The van der Waals surface area contributed by atoms with Gasteiger partial charge in [-0.2, -0.15) is 0 Å². The first-order chi connectivity index (χ1) is 5.00. The van der Waals surface area contributed by atoms with Gasteiger partial charge in [-0.05, 0) is 13.0 Å². The van der Waals surface area contributed by atoms with E-state index in [2.05, 4.69) is 0 Å². The summed E-state index contributed by atoms with van der Waals surface area (Å²) in [6.07, 6.45) is 0.770. The van der Waals surface area contributed by atoms with Crippen molar-refractivity contribution in [2.45, 2.75) is 19.8 Å². The minimum absolute atomic E-state index is 0.191. The minimum Gasteiger partial charge on any atom is -0.481 e. The van der Waals surface area contributed by atoms with Gasteiger partial charge in [0.25, 0.3) is 5.97 Å². The molecule has 0 bridgehead atoms. The third-order valence-corrected chi connectivity index (χ3v) is 0.595. The van der Waals surface area contributed by atoms with Gasteiger partial charge in [0.1, 0.15) is 0 Å². The van der Waals surface area contributed by atoms with Crippen LogP contribution in [0, 0.1) is 0 Å². The van der Waals surface area contributed by atoms with Crippen molar-refractivity contribution >= 4 is 11.9 Å². The molecule has 66 valence electrons. The third-order valence-electron chi connectivity index (χ3n) is 0.595. The molecule has 0 fully saturated rings. The number of carbonyl (C=O) groups is 2. The normalized spacial score (nSPS) is 7.82. The summed E-state index contributed by atoms with van der Waals surface area (Å²) in [5.41, 5.74) is 5.01. The van der Waals surface area contributed by atoms with Crippen LogP contribution in [0.4, 0.5) is 0 Å². The molecule has 0 aliphatic carbocycles. The molecule has 5 nitrogen and oxygen atoms in total. The van der Waals surface area contributed by atoms with Crippen molar-refractivity contribution in [2.75, 3.05) is 6.54 Å². The maximum absolute atomic E-state index is 9.70. The zero-order chi connectivity index (χ0) is 9.28. The molecule has 0 radical (unpaired) electrons. The third kappa shape index (κ3) is 50.4. The van der Waals surface area contributed by atoms with E-state index in [1.165, 1.54) is 0 Å². The number of hydrogen-bond donors (Lipinski definition) is 3. The second kappa shape index (κ2) is 8.90. The predicted molar refractivity (Wildman–Crippen MR) is 39.2 cm³/mol. The molecule has 5 heteroatoms. The Morgan fingerprint density at radius 2 is 1.73 bits per heavy atom. The zero-order valence-electron chi connectivity index (χ0n) is 6.41. The number of rotatable bonds is 3. The van der Waals surface area contributed by atoms with E-state index in [4.69, 9.17) is 20.7 Å². The SMILES string of the molecule is CC(=O)O.NCCCC(=O)O. The Balaban J connectivity index is 0. The molecule has 11 heavy (non-hydrogen) atoms. The fourth-order valence-corrected chi connectivity index (χ4v) is 0.253. The van der Waals surface area contributed by atoms with Crippen LogP contribution in [0.15, 0.2) is 0 Å². The van der Waals surface area contributed by atoms with E-state index in [1.54, 1.807) is 0 Å². The van der Waals surface area contributed by atoms with Crippen molar-refractivity contribution in [3.63, 3.8) is 0 Å². The summed E-state index contributed by atoms with van der Waals surface area (Å²) >= 11 is 0. The molecule has 0 aromatic heterocycles. The Labute approximate surface area is 64.8 Å². The van der Waals surface area contributed by atoms with Crippen LogP contribution in [0.5, 0.6) is 0 Å². The van der Waals surface area contributed by atoms with Crippen LogP contribution in [0.2, 0.25) is 0 Å². The molecule has 0 amide bonds. The van der Waals surface area contributed by atoms with Gasteiger partial charge in [0.15, 0.2) is 0 Å². The summed E-state index contributed by atoms with van der Waals surface area (Å²) < 4.78 is 0. The number of hydrogen-bond acceptors (Lipinski definition) is 3. The smallest absolute Gasteiger partial charge is 0.303 e. The van der Waals surface area contributed by atoms with Crippen LogP contribution in [0.25, 0.3) is 0 Å². The first-order valence-electron chi connectivity index (χ1n) is 3.12. The maximum atomic E-state index is 9.70. The Kier molecular flexibility index (Phi) is 10.2. The predicted octanol–water partition coefficient (Wildman–Crippen LogP) is -0.0992. The Morgan fingerprint density at radius 3 is 1.82 bits per heavy atom. The molecule has 0 aliphatic heterocycles. The highest BCUT2D eigenvalue weighted by atomic mass is 16.4. The summed E-state index contributed by atoms with van der Waals surface area (Å²) in [5.74, 6) is -1.61. The van der Waals surface area contributed by atoms with Crippen molar-refractivity contribution in [3.8, 4) is 0 Å². The maximum Gasteiger partial charge on any atom is 0.303 e. The molecule has 0 aliphatic rings. The Morgan fingerprint density at radius 1 is 1.36 bits per heavy atom. The van der Waals surface area contributed by atoms with Gasteiger partial charge in [-0.1, -0.05) is 0 Å². The Bertz CT molecular complexity index is 120. The van der Waals surface area contributed by atoms with Gasteiger partial charge in [0, 0.05) is 13.3 Å². The fourth-order valence-electron chi connectivity index (χ4n) is 0.253. The number of nitrogens with two attached hydrogens (primary N) is 1. The van der Waals surface area contributed by atoms with Crippen LogP contribution >= 0.6 is 0 Å². The van der Waals surface area contributed by atoms with Crippen LogP contribution in [-0.4, -0.2) is 28.7 Å². The number of aliphatic carboxylic acids is 2. The van der Waals surface area contributed by atoms with Crippen LogP contribution in [-0.2, 0) is 9.59 Å². The van der Waals surface area contributed by atoms with E-state index in [-0.39, 0.29) is 6.42 Å². The van der Waals surface area contributed by atoms with E-state index in [0.717, 1.165) is 6.92 Å². The summed E-state index contributed by atoms with van der Waals surface area (Å²) in [5, 5.41) is 15.4. The van der Waals surface area contributed by atoms with Gasteiger partial charge in [0.2, 0.25) is 0 Å².